The maximum atomic E-state index is 13.1. The molecule has 0 aliphatic carbocycles. The van der Waals surface area contributed by atoms with Crippen molar-refractivity contribution >= 4 is 17.6 Å². The van der Waals surface area contributed by atoms with Gasteiger partial charge in [-0.15, -0.1) is 0 Å². The van der Waals surface area contributed by atoms with Gasteiger partial charge in [0.2, 0.25) is 0 Å². The van der Waals surface area contributed by atoms with Crippen LogP contribution in [-0.2, 0) is 14.9 Å². The van der Waals surface area contributed by atoms with Gasteiger partial charge in [0, 0.05) is 11.6 Å². The molecule has 0 aliphatic heterocycles. The number of ether oxygens (including phenoxy) is 1. The van der Waals surface area contributed by atoms with Gasteiger partial charge in [0.25, 0.3) is 0 Å². The molecule has 0 aliphatic rings. The van der Waals surface area contributed by atoms with Crippen LogP contribution < -0.4 is 5.73 Å². The number of halogens is 2. The van der Waals surface area contributed by atoms with Crippen molar-refractivity contribution in [2.45, 2.75) is 5.41 Å². The topological polar surface area (TPSA) is 52.3 Å². The van der Waals surface area contributed by atoms with Crippen molar-refractivity contribution in [2.24, 2.45) is 5.73 Å². The molecule has 2 N–H and O–H groups in total. The summed E-state index contributed by atoms with van der Waals surface area (Å²) in [7, 11) is 1.21. The van der Waals surface area contributed by atoms with Crippen molar-refractivity contribution < 1.29 is 13.9 Å². The molecule has 0 saturated heterocycles. The van der Waals surface area contributed by atoms with E-state index < -0.39 is 18.1 Å². The molecule has 0 spiro atoms. The van der Waals surface area contributed by atoms with Gasteiger partial charge in [0.05, 0.1) is 7.11 Å². The Morgan fingerprint density at radius 2 is 2.06 bits per heavy atom. The minimum absolute atomic E-state index is 0.155. The Balaban J connectivity index is 3.20. The maximum absolute atomic E-state index is 13.1. The third-order valence-corrected chi connectivity index (χ3v) is 2.80. The number of hydrogen-bond acceptors (Lipinski definition) is 3. The second kappa shape index (κ2) is 5.27. The van der Waals surface area contributed by atoms with E-state index in [1.165, 1.54) is 7.11 Å². The summed E-state index contributed by atoms with van der Waals surface area (Å²) in [5.74, 6) is -0.681. The van der Waals surface area contributed by atoms with E-state index in [0.717, 1.165) is 0 Å². The highest BCUT2D eigenvalue weighted by molar-refractivity contribution is 6.30. The van der Waals surface area contributed by atoms with Crippen LogP contribution in [0.5, 0.6) is 0 Å². The van der Waals surface area contributed by atoms with Crippen LogP contribution in [0.15, 0.2) is 24.3 Å². The third-order valence-electron chi connectivity index (χ3n) is 2.55. The zero-order valence-electron chi connectivity index (χ0n) is 8.87. The number of nitrogens with two attached hydrogens (primary N) is 1. The highest BCUT2D eigenvalue weighted by Crippen LogP contribution is 2.26. The molecule has 0 aromatic heterocycles. The van der Waals surface area contributed by atoms with Crippen LogP contribution >= 0.6 is 11.6 Å². The summed E-state index contributed by atoms with van der Waals surface area (Å²) in [6.07, 6.45) is 0. The molecule has 1 aromatic rings. The lowest BCUT2D eigenvalue weighted by molar-refractivity contribution is -0.147. The second-order valence-electron chi connectivity index (χ2n) is 3.42. The second-order valence-corrected chi connectivity index (χ2v) is 3.85. The summed E-state index contributed by atoms with van der Waals surface area (Å²) in [5, 5.41) is 0.512. The van der Waals surface area contributed by atoms with Gasteiger partial charge in [0.1, 0.15) is 12.1 Å². The average molecular weight is 246 g/mol. The molecule has 5 heteroatoms. The standard InChI is InChI=1S/C11H13ClFNO2/c1-16-10(15)11(6-13,7-14)8-2-4-9(12)5-3-8/h2-5H,6-7,14H2,1H3. The largest absolute Gasteiger partial charge is 0.468 e. The number of carbonyl (C=O) groups excluding carboxylic acids is 1. The van der Waals surface area contributed by atoms with E-state index in [-0.39, 0.29) is 6.54 Å². The minimum Gasteiger partial charge on any atom is -0.468 e. The molecule has 1 atom stereocenters. The quantitative estimate of drug-likeness (QED) is 0.822. The number of carbonyl (C=O) groups is 1. The van der Waals surface area contributed by atoms with Crippen LogP contribution in [0.1, 0.15) is 5.56 Å². The Morgan fingerprint density at radius 1 is 1.50 bits per heavy atom. The summed E-state index contributed by atoms with van der Waals surface area (Å²) in [5.41, 5.74) is 4.53. The van der Waals surface area contributed by atoms with Crippen LogP contribution in [0.2, 0.25) is 5.02 Å². The van der Waals surface area contributed by atoms with Crippen molar-refractivity contribution in [3.63, 3.8) is 0 Å². The van der Waals surface area contributed by atoms with E-state index >= 15 is 0 Å². The summed E-state index contributed by atoms with van der Waals surface area (Å²) < 4.78 is 17.7. The van der Waals surface area contributed by atoms with Gasteiger partial charge in [-0.05, 0) is 17.7 Å². The van der Waals surface area contributed by atoms with Gasteiger partial charge in [-0.1, -0.05) is 23.7 Å². The molecule has 0 fully saturated rings. The molecular weight excluding hydrogens is 233 g/mol. The van der Waals surface area contributed by atoms with Crippen molar-refractivity contribution in [1.29, 1.82) is 0 Å². The first-order chi connectivity index (χ1) is 7.60. The van der Waals surface area contributed by atoms with Crippen molar-refractivity contribution in [1.82, 2.24) is 0 Å². The van der Waals surface area contributed by atoms with E-state index in [9.17, 15) is 9.18 Å². The van der Waals surface area contributed by atoms with E-state index in [0.29, 0.717) is 10.6 Å². The van der Waals surface area contributed by atoms with Crippen LogP contribution in [0.4, 0.5) is 4.39 Å². The van der Waals surface area contributed by atoms with E-state index in [1.54, 1.807) is 24.3 Å². The molecule has 0 radical (unpaired) electrons. The monoisotopic (exact) mass is 245 g/mol. The Kier molecular flexibility index (Phi) is 4.26. The van der Waals surface area contributed by atoms with E-state index in [2.05, 4.69) is 4.74 Å². The first-order valence-corrected chi connectivity index (χ1v) is 5.09. The van der Waals surface area contributed by atoms with Crippen LogP contribution in [0, 0.1) is 0 Å². The van der Waals surface area contributed by atoms with Gasteiger partial charge in [-0.3, -0.25) is 4.79 Å². The predicted molar refractivity (Wildman–Crippen MR) is 60.2 cm³/mol. The number of hydrogen-bond donors (Lipinski definition) is 1. The number of alkyl halides is 1. The summed E-state index contributed by atoms with van der Waals surface area (Å²) in [6, 6.07) is 6.32. The first-order valence-electron chi connectivity index (χ1n) is 4.71. The smallest absolute Gasteiger partial charge is 0.320 e. The van der Waals surface area contributed by atoms with E-state index in [4.69, 9.17) is 17.3 Å². The van der Waals surface area contributed by atoms with E-state index in [1.807, 2.05) is 0 Å². The SMILES string of the molecule is COC(=O)C(CN)(CF)c1ccc(Cl)cc1. The van der Waals surface area contributed by atoms with Crippen LogP contribution in [-0.4, -0.2) is 26.3 Å². The zero-order valence-corrected chi connectivity index (χ0v) is 9.63. The Bertz CT molecular complexity index is 363. The van der Waals surface area contributed by atoms with Crippen molar-refractivity contribution in [3.05, 3.63) is 34.9 Å². The summed E-state index contributed by atoms with van der Waals surface area (Å²) in [4.78, 5) is 11.6. The van der Waals surface area contributed by atoms with Crippen molar-refractivity contribution in [2.75, 3.05) is 20.3 Å². The summed E-state index contributed by atoms with van der Waals surface area (Å²) >= 11 is 5.72. The molecular formula is C11H13ClFNO2. The first kappa shape index (κ1) is 12.9. The van der Waals surface area contributed by atoms with Gasteiger partial charge < -0.3 is 10.5 Å². The fraction of sp³-hybridized carbons (Fsp3) is 0.364. The molecule has 3 nitrogen and oxygen atoms in total. The fourth-order valence-corrected chi connectivity index (χ4v) is 1.60. The average Bonchev–Trinajstić information content (AvgIpc) is 2.33. The fourth-order valence-electron chi connectivity index (χ4n) is 1.47. The molecule has 0 amide bonds. The molecule has 1 unspecified atom stereocenters. The lowest BCUT2D eigenvalue weighted by Gasteiger charge is -2.26. The number of benzene rings is 1. The molecule has 0 bridgehead atoms. The lowest BCUT2D eigenvalue weighted by Crippen LogP contribution is -2.45. The summed E-state index contributed by atoms with van der Waals surface area (Å²) in [6.45, 7) is -1.06. The predicted octanol–water partition coefficient (Wildman–Crippen LogP) is 1.68. The lowest BCUT2D eigenvalue weighted by atomic mass is 9.82. The number of methoxy groups -OCH3 is 1. The molecule has 1 aromatic carbocycles. The highest BCUT2D eigenvalue weighted by atomic mass is 35.5. The Morgan fingerprint density at radius 3 is 2.44 bits per heavy atom. The van der Waals surface area contributed by atoms with Crippen LogP contribution in [0.25, 0.3) is 0 Å². The minimum atomic E-state index is -1.43. The van der Waals surface area contributed by atoms with Gasteiger partial charge >= 0.3 is 5.97 Å². The third kappa shape index (κ3) is 2.18. The molecule has 16 heavy (non-hydrogen) atoms. The van der Waals surface area contributed by atoms with Gasteiger partial charge in [-0.2, -0.15) is 0 Å². The van der Waals surface area contributed by atoms with Crippen molar-refractivity contribution in [3.8, 4) is 0 Å². The molecule has 1 rings (SSSR count). The molecule has 0 saturated carbocycles. The zero-order chi connectivity index (χ0) is 12.2. The number of rotatable bonds is 4. The number of esters is 1. The van der Waals surface area contributed by atoms with Gasteiger partial charge in [-0.25, -0.2) is 4.39 Å². The Hall–Kier alpha value is -1.13. The maximum Gasteiger partial charge on any atom is 0.320 e. The molecule has 88 valence electrons. The van der Waals surface area contributed by atoms with Gasteiger partial charge in [0.15, 0.2) is 0 Å². The normalized spacial score (nSPS) is 14.2. The van der Waals surface area contributed by atoms with Crippen LogP contribution in [0.3, 0.4) is 0 Å². The molecule has 0 heterocycles. The Labute approximate surface area is 98.3 Å². The highest BCUT2D eigenvalue weighted by Gasteiger charge is 2.40.